The van der Waals surface area contributed by atoms with Gasteiger partial charge in [0.15, 0.2) is 12.4 Å². The number of unbranched alkanes of at least 4 members (excludes halogenated alkanes) is 16. The van der Waals surface area contributed by atoms with Crippen LogP contribution in [0.3, 0.4) is 0 Å². The quantitative estimate of drug-likeness (QED) is 0.0155. The molecule has 14 heteroatoms. The molecule has 1 aliphatic heterocycles. The second-order valence-corrected chi connectivity index (χ2v) is 16.9. The van der Waals surface area contributed by atoms with Crippen LogP contribution in [0, 0.1) is 0 Å². The summed E-state index contributed by atoms with van der Waals surface area (Å²) in [5, 5.41) is 30.9. The molecule has 4 N–H and O–H groups in total. The summed E-state index contributed by atoms with van der Waals surface area (Å²) in [6.45, 7) is 3.67. The Morgan fingerprint density at radius 2 is 1.03 bits per heavy atom. The maximum Gasteiger partial charge on any atom is 0.306 e. The van der Waals surface area contributed by atoms with Crippen LogP contribution in [0.1, 0.15) is 168 Å². The van der Waals surface area contributed by atoms with E-state index < -0.39 is 71.2 Å². The molecule has 0 aromatic rings. The molecule has 1 rings (SSSR count). The predicted molar refractivity (Wildman–Crippen MR) is 234 cm³/mol. The van der Waals surface area contributed by atoms with Crippen molar-refractivity contribution < 1.29 is 56.8 Å². The van der Waals surface area contributed by atoms with Gasteiger partial charge >= 0.3 is 11.9 Å². The van der Waals surface area contributed by atoms with Crippen LogP contribution in [0.2, 0.25) is 0 Å². The van der Waals surface area contributed by atoms with Gasteiger partial charge in [-0.25, -0.2) is 0 Å². The molecule has 0 spiro atoms. The Hall–Kier alpha value is -1.39. The van der Waals surface area contributed by atoms with Crippen LogP contribution in [0.5, 0.6) is 0 Å². The van der Waals surface area contributed by atoms with E-state index in [1.54, 1.807) is 0 Å². The Bertz CT molecular complexity index is 1270. The van der Waals surface area contributed by atoms with E-state index >= 15 is 0 Å². The third-order valence-electron chi connectivity index (χ3n) is 9.88. The summed E-state index contributed by atoms with van der Waals surface area (Å²) >= 11 is 0. The normalized spacial score (nSPS) is 20.5. The first-order valence-corrected chi connectivity index (χ1v) is 23.8. The molecule has 6 unspecified atom stereocenters. The zero-order valence-corrected chi connectivity index (χ0v) is 39.5. The van der Waals surface area contributed by atoms with Crippen LogP contribution in [0.25, 0.3) is 0 Å². The van der Waals surface area contributed by atoms with Gasteiger partial charge in [-0.3, -0.25) is 14.1 Å². The van der Waals surface area contributed by atoms with Crippen molar-refractivity contribution >= 4 is 51.6 Å². The van der Waals surface area contributed by atoms with Crippen molar-refractivity contribution in [2.24, 2.45) is 0 Å². The number of carbonyl (C=O) groups excluding carboxylic acids is 2. The summed E-state index contributed by atoms with van der Waals surface area (Å²) in [5.74, 6) is -2.02. The van der Waals surface area contributed by atoms with Crippen LogP contribution >= 0.6 is 0 Å². The molecule has 0 bridgehead atoms. The average molecular weight is 866 g/mol. The summed E-state index contributed by atoms with van der Waals surface area (Å²) < 4.78 is 54.0. The van der Waals surface area contributed by atoms with Crippen LogP contribution in [0.4, 0.5) is 0 Å². The van der Waals surface area contributed by atoms with Crippen LogP contribution in [0.15, 0.2) is 48.6 Å². The smallest absolute Gasteiger partial charge is 0.306 e. The Kier molecular flexibility index (Phi) is 37.4. The van der Waals surface area contributed by atoms with Gasteiger partial charge in [0.05, 0.1) is 6.61 Å². The molecule has 0 amide bonds. The van der Waals surface area contributed by atoms with Crippen LogP contribution < -0.4 is 0 Å². The van der Waals surface area contributed by atoms with Crippen molar-refractivity contribution in [3.63, 3.8) is 0 Å². The van der Waals surface area contributed by atoms with E-state index in [0.29, 0.717) is 12.8 Å². The van der Waals surface area contributed by atoms with Gasteiger partial charge < -0.3 is 34.3 Å². The fourth-order valence-electron chi connectivity index (χ4n) is 6.38. The maximum absolute atomic E-state index is 12.8. The molecule has 1 radical (unpaired) electrons. The van der Waals surface area contributed by atoms with Gasteiger partial charge in [0.25, 0.3) is 10.1 Å². The van der Waals surface area contributed by atoms with E-state index in [2.05, 4.69) is 62.5 Å². The first kappa shape index (κ1) is 57.6. The van der Waals surface area contributed by atoms with Crippen LogP contribution in [-0.4, -0.2) is 126 Å². The summed E-state index contributed by atoms with van der Waals surface area (Å²) in [6.07, 6.45) is 31.5. The van der Waals surface area contributed by atoms with Crippen molar-refractivity contribution in [3.05, 3.63) is 48.6 Å². The van der Waals surface area contributed by atoms with E-state index in [0.717, 1.165) is 89.9 Å². The SMILES string of the molecule is CCCCC/C=C/C/C=C/CCCCCCCC(=O)OCC(COC1OC(CS(=O)(=O)O)C(O)C(O)C1O)OC(=O)CCCCCCC/C=C/C/C=C/CCCCC.[Na]. The summed E-state index contributed by atoms with van der Waals surface area (Å²) in [7, 11) is -4.61. The van der Waals surface area contributed by atoms with E-state index in [9.17, 15) is 37.9 Å². The van der Waals surface area contributed by atoms with Crippen molar-refractivity contribution in [1.82, 2.24) is 0 Å². The first-order chi connectivity index (χ1) is 28.0. The second kappa shape index (κ2) is 38.3. The zero-order chi connectivity index (χ0) is 42.7. The maximum atomic E-state index is 12.8. The molecule has 0 aromatic heterocycles. The third-order valence-corrected chi connectivity index (χ3v) is 10.6. The molecule has 12 nitrogen and oxygen atoms in total. The molecule has 1 saturated heterocycles. The van der Waals surface area contributed by atoms with E-state index in [4.69, 9.17) is 18.9 Å². The number of hydrogen-bond acceptors (Lipinski definition) is 11. The minimum atomic E-state index is -4.61. The fourth-order valence-corrected chi connectivity index (χ4v) is 7.07. The molecule has 59 heavy (non-hydrogen) atoms. The minimum absolute atomic E-state index is 0. The summed E-state index contributed by atoms with van der Waals surface area (Å²) in [5.41, 5.74) is 0. The van der Waals surface area contributed by atoms with Gasteiger partial charge in [0.2, 0.25) is 0 Å². The molecule has 0 saturated carbocycles. The molecule has 1 heterocycles. The summed E-state index contributed by atoms with van der Waals surface area (Å²) in [6, 6.07) is 0. The number of hydrogen-bond donors (Lipinski definition) is 4. The summed E-state index contributed by atoms with van der Waals surface area (Å²) in [4.78, 5) is 25.4. The van der Waals surface area contributed by atoms with E-state index in [1.165, 1.54) is 38.5 Å². The number of carbonyl (C=O) groups is 2. The second-order valence-electron chi connectivity index (χ2n) is 15.4. The minimum Gasteiger partial charge on any atom is -0.462 e. The number of allylic oxidation sites excluding steroid dienone is 8. The average Bonchev–Trinajstić information content (AvgIpc) is 3.18. The van der Waals surface area contributed by atoms with Crippen LogP contribution in [-0.2, 0) is 38.7 Å². The zero-order valence-electron chi connectivity index (χ0n) is 36.6. The Labute approximate surface area is 378 Å². The van der Waals surface area contributed by atoms with Crippen molar-refractivity contribution in [2.45, 2.75) is 205 Å². The number of esters is 2. The molecule has 0 aliphatic carbocycles. The Morgan fingerprint density at radius 1 is 0.593 bits per heavy atom. The molecular formula is C45H78NaO12S. The fraction of sp³-hybridized carbons (Fsp3) is 0.778. The van der Waals surface area contributed by atoms with Crippen molar-refractivity contribution in [1.29, 1.82) is 0 Å². The van der Waals surface area contributed by atoms with Gasteiger partial charge in [0.1, 0.15) is 36.8 Å². The number of aliphatic hydroxyl groups excluding tert-OH is 3. The topological polar surface area (TPSA) is 186 Å². The van der Waals surface area contributed by atoms with E-state index in [-0.39, 0.29) is 49.0 Å². The molecule has 0 aromatic carbocycles. The Balaban J connectivity index is 0.0000336. The van der Waals surface area contributed by atoms with Crippen molar-refractivity contribution in [3.8, 4) is 0 Å². The molecular weight excluding hydrogens is 788 g/mol. The van der Waals surface area contributed by atoms with E-state index in [1.807, 2.05) is 0 Å². The predicted octanol–water partition coefficient (Wildman–Crippen LogP) is 8.40. The molecule has 1 aliphatic rings. The van der Waals surface area contributed by atoms with Gasteiger partial charge in [-0.15, -0.1) is 0 Å². The first-order valence-electron chi connectivity index (χ1n) is 22.2. The third kappa shape index (κ3) is 32.9. The standard InChI is InChI=1S/C45H78O12S.Na/c1-3-5-7-9-11-13-15-17-19-21-23-25-27-29-31-33-40(46)54-35-38(36-55-45-44(50)43(49)42(48)39(57-45)37-58(51,52)53)56-41(47)34-32-30-28-26-24-22-20-18-16-14-12-10-8-6-4-2;/h11-14,17-20,38-39,42-45,48-50H,3-10,15-16,21-37H2,1-2H3,(H,51,52,53);/b13-11+,14-12+,19-17+,20-18+;. The van der Waals surface area contributed by atoms with Gasteiger partial charge in [-0.05, 0) is 77.0 Å². The van der Waals surface area contributed by atoms with Gasteiger partial charge in [-0.2, -0.15) is 8.42 Å². The van der Waals surface area contributed by atoms with Gasteiger partial charge in [-0.1, -0.05) is 127 Å². The Morgan fingerprint density at radius 3 is 1.51 bits per heavy atom. The number of rotatable bonds is 36. The molecule has 6 atom stereocenters. The number of ether oxygens (including phenoxy) is 4. The van der Waals surface area contributed by atoms with Gasteiger partial charge in [0, 0.05) is 42.4 Å². The largest absolute Gasteiger partial charge is 0.462 e. The number of aliphatic hydroxyl groups is 3. The monoisotopic (exact) mass is 866 g/mol. The molecule has 1 fully saturated rings. The molecule has 337 valence electrons. The van der Waals surface area contributed by atoms with Crippen molar-refractivity contribution in [2.75, 3.05) is 19.0 Å².